The molecule has 2 N–H and O–H groups in total. The Morgan fingerprint density at radius 2 is 2.15 bits per heavy atom. The molecule has 1 aromatic heterocycles. The molecule has 1 rings (SSSR count). The average Bonchev–Trinajstić information content (AvgIpc) is 2.04. The van der Waals surface area contributed by atoms with Crippen LogP contribution in [0.15, 0.2) is 12.3 Å². The van der Waals surface area contributed by atoms with Crippen LogP contribution in [0.5, 0.6) is 5.75 Å². The fourth-order valence-corrected chi connectivity index (χ4v) is 1.04. The van der Waals surface area contributed by atoms with Gasteiger partial charge in [0.1, 0.15) is 11.4 Å². The number of hydrogen-bond donors (Lipinski definition) is 2. The molecular formula is C9H11NO3. The molecule has 0 amide bonds. The highest BCUT2D eigenvalue weighted by Gasteiger charge is 2.11. The largest absolute Gasteiger partial charge is 0.506 e. The lowest BCUT2D eigenvalue weighted by Crippen LogP contribution is -2.02. The Kier molecular flexibility index (Phi) is 2.51. The molecule has 1 heterocycles. The quantitative estimate of drug-likeness (QED) is 0.727. The zero-order valence-corrected chi connectivity index (χ0v) is 7.48. The molecule has 0 atom stereocenters. The minimum Gasteiger partial charge on any atom is -0.506 e. The van der Waals surface area contributed by atoms with E-state index in [9.17, 15) is 9.90 Å². The lowest BCUT2D eigenvalue weighted by Gasteiger charge is -2.07. The zero-order chi connectivity index (χ0) is 10.0. The van der Waals surface area contributed by atoms with E-state index in [1.54, 1.807) is 0 Å². The van der Waals surface area contributed by atoms with Gasteiger partial charge in [0.25, 0.3) is 0 Å². The summed E-state index contributed by atoms with van der Waals surface area (Å²) >= 11 is 0. The normalized spacial score (nSPS) is 10.4. The van der Waals surface area contributed by atoms with Gasteiger partial charge in [-0.1, -0.05) is 13.8 Å². The summed E-state index contributed by atoms with van der Waals surface area (Å²) in [6.45, 7) is 3.75. The van der Waals surface area contributed by atoms with Gasteiger partial charge in [-0.15, -0.1) is 0 Å². The summed E-state index contributed by atoms with van der Waals surface area (Å²) in [6.07, 6.45) is 1.17. The Balaban J connectivity index is 3.19. The first-order valence-corrected chi connectivity index (χ1v) is 3.94. The third kappa shape index (κ3) is 1.96. The Morgan fingerprint density at radius 3 is 2.62 bits per heavy atom. The van der Waals surface area contributed by atoms with E-state index in [0.29, 0.717) is 5.56 Å². The Bertz CT molecular complexity index is 334. The number of aromatic hydroxyl groups is 1. The number of pyridine rings is 1. The molecule has 13 heavy (non-hydrogen) atoms. The van der Waals surface area contributed by atoms with Crippen LogP contribution in [0.2, 0.25) is 0 Å². The van der Waals surface area contributed by atoms with Crippen molar-refractivity contribution in [1.29, 1.82) is 0 Å². The Hall–Kier alpha value is -1.58. The minimum atomic E-state index is -1.08. The SMILES string of the molecule is CC(C)c1cc(C(=O)O)ncc1O. The predicted molar refractivity (Wildman–Crippen MR) is 47.0 cm³/mol. The van der Waals surface area contributed by atoms with Crippen LogP contribution in [-0.2, 0) is 0 Å². The summed E-state index contributed by atoms with van der Waals surface area (Å²) in [6, 6.07) is 1.39. The second-order valence-electron chi connectivity index (χ2n) is 3.09. The number of aromatic carboxylic acids is 1. The van der Waals surface area contributed by atoms with E-state index in [-0.39, 0.29) is 17.4 Å². The smallest absolute Gasteiger partial charge is 0.354 e. The molecule has 4 heteroatoms. The maximum Gasteiger partial charge on any atom is 0.354 e. The van der Waals surface area contributed by atoms with Gasteiger partial charge in [0.05, 0.1) is 6.20 Å². The molecule has 1 aromatic rings. The molecule has 70 valence electrons. The van der Waals surface area contributed by atoms with E-state index in [1.807, 2.05) is 13.8 Å². The molecule has 0 saturated heterocycles. The second kappa shape index (κ2) is 3.43. The van der Waals surface area contributed by atoms with Gasteiger partial charge in [-0.25, -0.2) is 9.78 Å². The Morgan fingerprint density at radius 1 is 1.54 bits per heavy atom. The first-order valence-electron chi connectivity index (χ1n) is 3.94. The molecule has 0 fully saturated rings. The number of nitrogens with zero attached hydrogens (tertiary/aromatic N) is 1. The summed E-state index contributed by atoms with van der Waals surface area (Å²) in [4.78, 5) is 14.1. The fourth-order valence-electron chi connectivity index (χ4n) is 1.04. The van der Waals surface area contributed by atoms with Crippen LogP contribution < -0.4 is 0 Å². The van der Waals surface area contributed by atoms with Crippen molar-refractivity contribution in [3.63, 3.8) is 0 Å². The topological polar surface area (TPSA) is 70.4 Å². The summed E-state index contributed by atoms with van der Waals surface area (Å²) in [5.74, 6) is -0.956. The van der Waals surface area contributed by atoms with Crippen LogP contribution in [0.3, 0.4) is 0 Å². The first kappa shape index (κ1) is 9.51. The molecule has 0 aromatic carbocycles. The van der Waals surface area contributed by atoms with Gasteiger partial charge in [0.15, 0.2) is 0 Å². The van der Waals surface area contributed by atoms with E-state index < -0.39 is 5.97 Å². The average molecular weight is 181 g/mol. The molecule has 0 aliphatic heterocycles. The van der Waals surface area contributed by atoms with Crippen molar-refractivity contribution in [2.24, 2.45) is 0 Å². The fraction of sp³-hybridized carbons (Fsp3) is 0.333. The van der Waals surface area contributed by atoms with Crippen molar-refractivity contribution in [2.45, 2.75) is 19.8 Å². The van der Waals surface area contributed by atoms with Crippen LogP contribution in [0.1, 0.15) is 35.8 Å². The highest BCUT2D eigenvalue weighted by Crippen LogP contribution is 2.24. The summed E-state index contributed by atoms with van der Waals surface area (Å²) < 4.78 is 0. The van der Waals surface area contributed by atoms with E-state index in [4.69, 9.17) is 5.11 Å². The van der Waals surface area contributed by atoms with Gasteiger partial charge in [0, 0.05) is 5.56 Å². The second-order valence-corrected chi connectivity index (χ2v) is 3.09. The van der Waals surface area contributed by atoms with Crippen molar-refractivity contribution in [2.75, 3.05) is 0 Å². The minimum absolute atomic E-state index is 0.0403. The standard InChI is InChI=1S/C9H11NO3/c1-5(2)6-3-7(9(12)13)10-4-8(6)11/h3-5,11H,1-2H3,(H,12,13). The van der Waals surface area contributed by atoms with Crippen molar-refractivity contribution in [3.8, 4) is 5.75 Å². The molecule has 0 saturated carbocycles. The molecule has 4 nitrogen and oxygen atoms in total. The van der Waals surface area contributed by atoms with Gasteiger partial charge in [-0.05, 0) is 12.0 Å². The third-order valence-corrected chi connectivity index (χ3v) is 1.76. The molecule has 0 aliphatic rings. The van der Waals surface area contributed by atoms with Crippen LogP contribution in [-0.4, -0.2) is 21.2 Å². The number of aromatic nitrogens is 1. The molecule has 0 bridgehead atoms. The number of hydrogen-bond acceptors (Lipinski definition) is 3. The molecule has 0 unspecified atom stereocenters. The van der Waals surface area contributed by atoms with Gasteiger partial charge >= 0.3 is 5.97 Å². The number of carboxylic acid groups (broad SMARTS) is 1. The van der Waals surface area contributed by atoms with E-state index in [2.05, 4.69) is 4.98 Å². The van der Waals surface area contributed by atoms with Gasteiger partial charge in [-0.3, -0.25) is 0 Å². The monoisotopic (exact) mass is 181 g/mol. The molecular weight excluding hydrogens is 170 g/mol. The van der Waals surface area contributed by atoms with Crippen molar-refractivity contribution in [3.05, 3.63) is 23.5 Å². The lowest BCUT2D eigenvalue weighted by molar-refractivity contribution is 0.0690. The lowest BCUT2D eigenvalue weighted by atomic mass is 10.0. The number of carboxylic acids is 1. The third-order valence-electron chi connectivity index (χ3n) is 1.76. The number of carbonyl (C=O) groups is 1. The maximum atomic E-state index is 10.5. The van der Waals surface area contributed by atoms with E-state index in [1.165, 1.54) is 12.3 Å². The highest BCUT2D eigenvalue weighted by atomic mass is 16.4. The zero-order valence-electron chi connectivity index (χ0n) is 7.48. The van der Waals surface area contributed by atoms with Crippen molar-refractivity contribution < 1.29 is 15.0 Å². The maximum absolute atomic E-state index is 10.5. The van der Waals surface area contributed by atoms with Crippen LogP contribution >= 0.6 is 0 Å². The van der Waals surface area contributed by atoms with Gasteiger partial charge in [0.2, 0.25) is 0 Å². The predicted octanol–water partition coefficient (Wildman–Crippen LogP) is 1.61. The van der Waals surface area contributed by atoms with Gasteiger partial charge < -0.3 is 10.2 Å². The van der Waals surface area contributed by atoms with E-state index in [0.717, 1.165) is 0 Å². The summed E-state index contributed by atoms with van der Waals surface area (Å²) in [7, 11) is 0. The Labute approximate surface area is 75.9 Å². The highest BCUT2D eigenvalue weighted by molar-refractivity contribution is 5.85. The first-order chi connectivity index (χ1) is 6.02. The molecule has 0 radical (unpaired) electrons. The van der Waals surface area contributed by atoms with Crippen molar-refractivity contribution in [1.82, 2.24) is 4.98 Å². The summed E-state index contributed by atoms with van der Waals surface area (Å²) in [5.41, 5.74) is 0.564. The summed E-state index contributed by atoms with van der Waals surface area (Å²) in [5, 5.41) is 18.0. The van der Waals surface area contributed by atoms with Crippen LogP contribution in [0.4, 0.5) is 0 Å². The molecule has 0 aliphatic carbocycles. The van der Waals surface area contributed by atoms with Crippen LogP contribution in [0, 0.1) is 0 Å². The van der Waals surface area contributed by atoms with E-state index >= 15 is 0 Å². The van der Waals surface area contributed by atoms with Crippen molar-refractivity contribution >= 4 is 5.97 Å². The molecule has 0 spiro atoms. The number of rotatable bonds is 2. The van der Waals surface area contributed by atoms with Gasteiger partial charge in [-0.2, -0.15) is 0 Å². The van der Waals surface area contributed by atoms with Crippen LogP contribution in [0.25, 0.3) is 0 Å².